The minimum absolute atomic E-state index is 0.201. The first-order chi connectivity index (χ1) is 11.4. The molecule has 1 atom stereocenters. The van der Waals surface area contributed by atoms with E-state index in [4.69, 9.17) is 4.74 Å². The van der Waals surface area contributed by atoms with Crippen molar-refractivity contribution in [3.63, 3.8) is 0 Å². The van der Waals surface area contributed by atoms with Crippen LogP contribution in [0.3, 0.4) is 0 Å². The number of rotatable bonds is 7. The SMILES string of the molecule is CCC(C)Nc1ccc(NS(=O)(=O)c2ccc(OC)cc2C)nc1. The second kappa shape index (κ2) is 7.53. The second-order valence-corrected chi connectivity index (χ2v) is 7.27. The van der Waals surface area contributed by atoms with Gasteiger partial charge in [0, 0.05) is 6.04 Å². The van der Waals surface area contributed by atoms with Gasteiger partial charge < -0.3 is 10.1 Å². The average Bonchev–Trinajstić information content (AvgIpc) is 2.55. The van der Waals surface area contributed by atoms with Crippen molar-refractivity contribution in [2.24, 2.45) is 0 Å². The van der Waals surface area contributed by atoms with Crippen molar-refractivity contribution < 1.29 is 13.2 Å². The Hall–Kier alpha value is -2.28. The molecule has 1 heterocycles. The molecule has 0 bridgehead atoms. The normalized spacial score (nSPS) is 12.5. The van der Waals surface area contributed by atoms with E-state index in [1.54, 1.807) is 44.5 Å². The molecule has 2 N–H and O–H groups in total. The zero-order chi connectivity index (χ0) is 17.7. The fraction of sp³-hybridized carbons (Fsp3) is 0.353. The molecular weight excluding hydrogens is 326 g/mol. The second-order valence-electron chi connectivity index (χ2n) is 5.62. The van der Waals surface area contributed by atoms with Crippen LogP contribution in [0.4, 0.5) is 11.5 Å². The number of anilines is 2. The number of sulfonamides is 1. The summed E-state index contributed by atoms with van der Waals surface area (Å²) in [4.78, 5) is 4.36. The number of nitrogens with zero attached hydrogens (tertiary/aromatic N) is 1. The number of methoxy groups -OCH3 is 1. The molecule has 24 heavy (non-hydrogen) atoms. The number of nitrogens with one attached hydrogen (secondary N) is 2. The standard InChI is InChI=1S/C17H23N3O3S/c1-5-13(3)19-14-6-9-17(18-11-14)20-24(21,22)16-8-7-15(23-4)10-12(16)2/h6-11,13,19H,5H2,1-4H3,(H,18,20). The van der Waals surface area contributed by atoms with Crippen LogP contribution in [0, 0.1) is 6.92 Å². The lowest BCUT2D eigenvalue weighted by molar-refractivity contribution is 0.414. The topological polar surface area (TPSA) is 80.3 Å². The Balaban J connectivity index is 2.17. The molecule has 2 aromatic rings. The first kappa shape index (κ1) is 18.1. The summed E-state index contributed by atoms with van der Waals surface area (Å²) in [6, 6.07) is 8.60. The summed E-state index contributed by atoms with van der Waals surface area (Å²) < 4.78 is 32.6. The molecule has 0 aliphatic heterocycles. The number of hydrogen-bond donors (Lipinski definition) is 2. The van der Waals surface area contributed by atoms with E-state index in [1.165, 1.54) is 6.07 Å². The summed E-state index contributed by atoms with van der Waals surface area (Å²) in [5.74, 6) is 0.893. The van der Waals surface area contributed by atoms with Crippen molar-refractivity contribution in [2.75, 3.05) is 17.1 Å². The van der Waals surface area contributed by atoms with Gasteiger partial charge in [0.15, 0.2) is 0 Å². The Kier molecular flexibility index (Phi) is 5.66. The van der Waals surface area contributed by atoms with Crippen molar-refractivity contribution in [3.05, 3.63) is 42.1 Å². The number of aromatic nitrogens is 1. The maximum Gasteiger partial charge on any atom is 0.263 e. The summed E-state index contributed by atoms with van der Waals surface area (Å²) in [6.45, 7) is 5.89. The smallest absolute Gasteiger partial charge is 0.263 e. The number of benzene rings is 1. The summed E-state index contributed by atoms with van der Waals surface area (Å²) in [5.41, 5.74) is 1.46. The van der Waals surface area contributed by atoms with Crippen molar-refractivity contribution in [1.29, 1.82) is 0 Å². The largest absolute Gasteiger partial charge is 0.497 e. The maximum atomic E-state index is 12.5. The average molecular weight is 349 g/mol. The Morgan fingerprint density at radius 2 is 2.00 bits per heavy atom. The van der Waals surface area contributed by atoms with Gasteiger partial charge in [-0.15, -0.1) is 0 Å². The molecule has 1 aromatic carbocycles. The molecule has 7 heteroatoms. The molecule has 1 aromatic heterocycles. The van der Waals surface area contributed by atoms with E-state index < -0.39 is 10.0 Å². The third kappa shape index (κ3) is 4.38. The van der Waals surface area contributed by atoms with Crippen LogP contribution in [-0.4, -0.2) is 26.6 Å². The number of hydrogen-bond acceptors (Lipinski definition) is 5. The molecule has 0 saturated heterocycles. The van der Waals surface area contributed by atoms with Crippen LogP contribution in [-0.2, 0) is 10.0 Å². The molecule has 0 aliphatic carbocycles. The minimum Gasteiger partial charge on any atom is -0.497 e. The summed E-state index contributed by atoms with van der Waals surface area (Å²) >= 11 is 0. The molecular formula is C17H23N3O3S. The van der Waals surface area contributed by atoms with Gasteiger partial charge in [0.2, 0.25) is 0 Å². The molecule has 0 fully saturated rings. The van der Waals surface area contributed by atoms with Crippen LogP contribution >= 0.6 is 0 Å². The fourth-order valence-corrected chi connectivity index (χ4v) is 3.41. The highest BCUT2D eigenvalue weighted by Gasteiger charge is 2.18. The third-order valence-electron chi connectivity index (χ3n) is 3.70. The summed E-state index contributed by atoms with van der Waals surface area (Å²) in [7, 11) is -2.16. The Labute approximate surface area is 143 Å². The van der Waals surface area contributed by atoms with Crippen molar-refractivity contribution in [1.82, 2.24) is 4.98 Å². The highest BCUT2D eigenvalue weighted by atomic mass is 32.2. The van der Waals surface area contributed by atoms with Gasteiger partial charge in [-0.05, 0) is 56.2 Å². The van der Waals surface area contributed by atoms with Gasteiger partial charge in [0.05, 0.1) is 23.9 Å². The van der Waals surface area contributed by atoms with E-state index in [1.807, 2.05) is 0 Å². The molecule has 6 nitrogen and oxygen atoms in total. The lowest BCUT2D eigenvalue weighted by Gasteiger charge is -2.14. The first-order valence-corrected chi connectivity index (χ1v) is 9.24. The zero-order valence-electron chi connectivity index (χ0n) is 14.3. The lowest BCUT2D eigenvalue weighted by Crippen LogP contribution is -2.16. The number of aryl methyl sites for hydroxylation is 1. The highest BCUT2D eigenvalue weighted by molar-refractivity contribution is 7.92. The van der Waals surface area contributed by atoms with Crippen LogP contribution in [0.25, 0.3) is 0 Å². The van der Waals surface area contributed by atoms with E-state index in [0.717, 1.165) is 12.1 Å². The minimum atomic E-state index is -3.70. The number of ether oxygens (including phenoxy) is 1. The first-order valence-electron chi connectivity index (χ1n) is 7.75. The molecule has 0 radical (unpaired) electrons. The van der Waals surface area contributed by atoms with Crippen LogP contribution in [0.2, 0.25) is 0 Å². The van der Waals surface area contributed by atoms with Gasteiger partial charge >= 0.3 is 0 Å². The van der Waals surface area contributed by atoms with Gasteiger partial charge in [-0.25, -0.2) is 13.4 Å². The molecule has 1 unspecified atom stereocenters. The summed E-state index contributed by atoms with van der Waals surface area (Å²) in [5, 5.41) is 3.28. The van der Waals surface area contributed by atoms with Crippen molar-refractivity contribution in [2.45, 2.75) is 38.1 Å². The third-order valence-corrected chi connectivity index (χ3v) is 5.21. The van der Waals surface area contributed by atoms with Crippen LogP contribution in [0.5, 0.6) is 5.75 Å². The van der Waals surface area contributed by atoms with E-state index >= 15 is 0 Å². The Morgan fingerprint density at radius 3 is 2.54 bits per heavy atom. The van der Waals surface area contributed by atoms with Gasteiger partial charge in [0.1, 0.15) is 11.6 Å². The number of pyridine rings is 1. The van der Waals surface area contributed by atoms with Crippen LogP contribution < -0.4 is 14.8 Å². The summed E-state index contributed by atoms with van der Waals surface area (Å²) in [6.07, 6.45) is 2.61. The van der Waals surface area contributed by atoms with Crippen molar-refractivity contribution >= 4 is 21.5 Å². The molecule has 2 rings (SSSR count). The van der Waals surface area contributed by atoms with E-state index in [9.17, 15) is 8.42 Å². The quantitative estimate of drug-likeness (QED) is 0.801. The predicted octanol–water partition coefficient (Wildman–Crippen LogP) is 3.41. The maximum absolute atomic E-state index is 12.5. The monoisotopic (exact) mass is 349 g/mol. The predicted molar refractivity (Wildman–Crippen MR) is 96.2 cm³/mol. The van der Waals surface area contributed by atoms with Crippen LogP contribution in [0.1, 0.15) is 25.8 Å². The highest BCUT2D eigenvalue weighted by Crippen LogP contribution is 2.23. The Bertz CT molecular complexity index is 789. The molecule has 0 aliphatic rings. The fourth-order valence-electron chi connectivity index (χ4n) is 2.17. The van der Waals surface area contributed by atoms with Crippen LogP contribution in [0.15, 0.2) is 41.4 Å². The molecule has 0 spiro atoms. The molecule has 0 amide bonds. The van der Waals surface area contributed by atoms with Crippen molar-refractivity contribution in [3.8, 4) is 5.75 Å². The Morgan fingerprint density at radius 1 is 1.25 bits per heavy atom. The molecule has 0 saturated carbocycles. The van der Waals surface area contributed by atoms with Gasteiger partial charge in [0.25, 0.3) is 10.0 Å². The lowest BCUT2D eigenvalue weighted by atomic mass is 10.2. The van der Waals surface area contributed by atoms with Gasteiger partial charge in [-0.3, -0.25) is 4.72 Å². The van der Waals surface area contributed by atoms with E-state index in [2.05, 4.69) is 28.9 Å². The van der Waals surface area contributed by atoms with E-state index in [-0.39, 0.29) is 10.7 Å². The van der Waals surface area contributed by atoms with Gasteiger partial charge in [-0.1, -0.05) is 6.92 Å². The molecule has 130 valence electrons. The van der Waals surface area contributed by atoms with Gasteiger partial charge in [-0.2, -0.15) is 0 Å². The zero-order valence-corrected chi connectivity index (χ0v) is 15.1. The van der Waals surface area contributed by atoms with E-state index in [0.29, 0.717) is 17.4 Å².